The van der Waals surface area contributed by atoms with E-state index in [1.807, 2.05) is 30.3 Å². The first-order valence-corrected chi connectivity index (χ1v) is 6.93. The van der Waals surface area contributed by atoms with Crippen LogP contribution in [0.3, 0.4) is 0 Å². The van der Waals surface area contributed by atoms with E-state index in [2.05, 4.69) is 11.4 Å². The summed E-state index contributed by atoms with van der Waals surface area (Å²) in [5, 5.41) is 11.8. The van der Waals surface area contributed by atoms with Crippen molar-refractivity contribution in [3.05, 3.63) is 47.7 Å². The summed E-state index contributed by atoms with van der Waals surface area (Å²) in [5.41, 5.74) is 1.99. The van der Waals surface area contributed by atoms with Gasteiger partial charge in [0.25, 0.3) is 0 Å². The number of aliphatic hydroxyl groups excluding tert-OH is 1. The highest BCUT2D eigenvalue weighted by molar-refractivity contribution is 5.58. The highest BCUT2D eigenvalue weighted by Crippen LogP contribution is 2.24. The molecule has 19 heavy (non-hydrogen) atoms. The Balaban J connectivity index is 1.70. The summed E-state index contributed by atoms with van der Waals surface area (Å²) in [5.74, 6) is 1.93. The number of aliphatic hydroxyl groups is 1. The fraction of sp³-hybridized carbons (Fsp3) is 0.375. The summed E-state index contributed by atoms with van der Waals surface area (Å²) in [6, 6.07) is 12.8. The first-order chi connectivity index (χ1) is 9.22. The molecule has 1 saturated carbocycles. The van der Waals surface area contributed by atoms with E-state index in [-0.39, 0.29) is 0 Å². The van der Waals surface area contributed by atoms with Crippen LogP contribution in [0.1, 0.15) is 37.2 Å². The summed E-state index contributed by atoms with van der Waals surface area (Å²) in [6.45, 7) is 2.70. The SMILES string of the molecule is C[C@H](O)c1ccc(-c2ccc(C[NH2+]C3CC3)o2)cc1. The van der Waals surface area contributed by atoms with Crippen LogP contribution in [0.25, 0.3) is 11.3 Å². The van der Waals surface area contributed by atoms with Crippen LogP contribution < -0.4 is 5.32 Å². The summed E-state index contributed by atoms with van der Waals surface area (Å²) >= 11 is 0. The number of rotatable bonds is 5. The van der Waals surface area contributed by atoms with Crippen LogP contribution in [0.2, 0.25) is 0 Å². The molecule has 0 spiro atoms. The Morgan fingerprint density at radius 3 is 2.58 bits per heavy atom. The minimum atomic E-state index is -0.422. The lowest BCUT2D eigenvalue weighted by Gasteiger charge is -2.04. The number of nitrogens with two attached hydrogens (primary N) is 1. The van der Waals surface area contributed by atoms with Crippen molar-refractivity contribution in [2.75, 3.05) is 0 Å². The molecule has 3 N–H and O–H groups in total. The fourth-order valence-electron chi connectivity index (χ4n) is 2.18. The zero-order valence-corrected chi connectivity index (χ0v) is 11.2. The van der Waals surface area contributed by atoms with Crippen LogP contribution in [0.5, 0.6) is 0 Å². The molecule has 0 radical (unpaired) electrons. The van der Waals surface area contributed by atoms with E-state index in [9.17, 15) is 5.11 Å². The second kappa shape index (κ2) is 5.19. The molecule has 1 aromatic carbocycles. The van der Waals surface area contributed by atoms with E-state index in [0.717, 1.165) is 35.2 Å². The zero-order valence-electron chi connectivity index (χ0n) is 11.2. The van der Waals surface area contributed by atoms with Crippen molar-refractivity contribution >= 4 is 0 Å². The van der Waals surface area contributed by atoms with Crippen LogP contribution in [-0.2, 0) is 6.54 Å². The molecule has 1 fully saturated rings. The standard InChI is InChI=1S/C16H19NO2/c1-11(18)12-2-4-13(5-3-12)16-9-8-15(19-16)10-17-14-6-7-14/h2-5,8-9,11,14,17-18H,6-7,10H2,1H3/p+1/t11-/m0/s1. The summed E-state index contributed by atoms with van der Waals surface area (Å²) < 4.78 is 5.85. The van der Waals surface area contributed by atoms with Crippen LogP contribution in [0, 0.1) is 0 Å². The van der Waals surface area contributed by atoms with Gasteiger partial charge in [-0.2, -0.15) is 0 Å². The molecule has 3 heteroatoms. The third-order valence-electron chi connectivity index (χ3n) is 3.61. The van der Waals surface area contributed by atoms with E-state index in [4.69, 9.17) is 4.42 Å². The van der Waals surface area contributed by atoms with Crippen molar-refractivity contribution in [2.45, 2.75) is 38.5 Å². The first kappa shape index (κ1) is 12.5. The molecule has 1 aliphatic rings. The third-order valence-corrected chi connectivity index (χ3v) is 3.61. The van der Waals surface area contributed by atoms with Gasteiger partial charge in [0.05, 0.1) is 12.1 Å². The molecule has 0 amide bonds. The molecule has 3 nitrogen and oxygen atoms in total. The van der Waals surface area contributed by atoms with Crippen molar-refractivity contribution in [3.63, 3.8) is 0 Å². The maximum Gasteiger partial charge on any atom is 0.158 e. The molecule has 1 heterocycles. The molecular formula is C16H20NO2+. The molecular weight excluding hydrogens is 238 g/mol. The Bertz CT molecular complexity index is 538. The average Bonchev–Trinajstić information content (AvgIpc) is 3.13. The molecule has 100 valence electrons. The molecule has 1 aliphatic carbocycles. The second-order valence-electron chi connectivity index (χ2n) is 5.34. The van der Waals surface area contributed by atoms with Gasteiger partial charge < -0.3 is 14.8 Å². The highest BCUT2D eigenvalue weighted by atomic mass is 16.3. The maximum atomic E-state index is 9.49. The number of hydrogen-bond acceptors (Lipinski definition) is 2. The van der Waals surface area contributed by atoms with Gasteiger partial charge in [-0.3, -0.25) is 0 Å². The van der Waals surface area contributed by atoms with E-state index in [1.165, 1.54) is 12.8 Å². The zero-order chi connectivity index (χ0) is 13.2. The fourth-order valence-corrected chi connectivity index (χ4v) is 2.18. The number of benzene rings is 1. The van der Waals surface area contributed by atoms with Crippen molar-refractivity contribution in [1.82, 2.24) is 0 Å². The van der Waals surface area contributed by atoms with Gasteiger partial charge in [-0.25, -0.2) is 0 Å². The van der Waals surface area contributed by atoms with Gasteiger partial charge in [0.2, 0.25) is 0 Å². The topological polar surface area (TPSA) is 50.0 Å². The lowest BCUT2D eigenvalue weighted by atomic mass is 10.1. The smallest absolute Gasteiger partial charge is 0.158 e. The molecule has 0 bridgehead atoms. The Hall–Kier alpha value is -1.58. The van der Waals surface area contributed by atoms with Crippen LogP contribution >= 0.6 is 0 Å². The van der Waals surface area contributed by atoms with Gasteiger partial charge in [0.15, 0.2) is 5.76 Å². The van der Waals surface area contributed by atoms with Crippen LogP contribution in [0.4, 0.5) is 0 Å². The number of hydrogen-bond donors (Lipinski definition) is 2. The summed E-state index contributed by atoms with van der Waals surface area (Å²) in [7, 11) is 0. The molecule has 3 rings (SSSR count). The van der Waals surface area contributed by atoms with Crippen molar-refractivity contribution < 1.29 is 14.8 Å². The monoisotopic (exact) mass is 258 g/mol. The minimum absolute atomic E-state index is 0.422. The van der Waals surface area contributed by atoms with Gasteiger partial charge >= 0.3 is 0 Å². The minimum Gasteiger partial charge on any atom is -0.455 e. The van der Waals surface area contributed by atoms with Gasteiger partial charge in [-0.1, -0.05) is 24.3 Å². The molecule has 1 aromatic heterocycles. The van der Waals surface area contributed by atoms with Crippen molar-refractivity contribution in [2.24, 2.45) is 0 Å². The van der Waals surface area contributed by atoms with E-state index in [1.54, 1.807) is 6.92 Å². The molecule has 0 unspecified atom stereocenters. The lowest BCUT2D eigenvalue weighted by molar-refractivity contribution is -0.685. The van der Waals surface area contributed by atoms with Crippen LogP contribution in [-0.4, -0.2) is 11.1 Å². The quantitative estimate of drug-likeness (QED) is 0.864. The Morgan fingerprint density at radius 1 is 1.21 bits per heavy atom. The van der Waals surface area contributed by atoms with Crippen molar-refractivity contribution in [3.8, 4) is 11.3 Å². The lowest BCUT2D eigenvalue weighted by Crippen LogP contribution is -2.84. The van der Waals surface area contributed by atoms with Crippen LogP contribution in [0.15, 0.2) is 40.8 Å². The number of quaternary nitrogens is 1. The average molecular weight is 258 g/mol. The van der Waals surface area contributed by atoms with Gasteiger partial charge in [-0.05, 0) is 24.6 Å². The van der Waals surface area contributed by atoms with Gasteiger partial charge in [0.1, 0.15) is 12.3 Å². The summed E-state index contributed by atoms with van der Waals surface area (Å²) in [6.07, 6.45) is 2.26. The summed E-state index contributed by atoms with van der Waals surface area (Å²) in [4.78, 5) is 0. The van der Waals surface area contributed by atoms with Crippen molar-refractivity contribution in [1.29, 1.82) is 0 Å². The predicted octanol–water partition coefficient (Wildman–Crippen LogP) is 2.23. The van der Waals surface area contributed by atoms with E-state index in [0.29, 0.717) is 0 Å². The van der Waals surface area contributed by atoms with Gasteiger partial charge in [-0.15, -0.1) is 0 Å². The van der Waals surface area contributed by atoms with E-state index >= 15 is 0 Å². The highest BCUT2D eigenvalue weighted by Gasteiger charge is 2.25. The number of furan rings is 1. The Kier molecular flexibility index (Phi) is 3.40. The van der Waals surface area contributed by atoms with E-state index < -0.39 is 6.10 Å². The third kappa shape index (κ3) is 3.06. The molecule has 0 aliphatic heterocycles. The predicted molar refractivity (Wildman–Crippen MR) is 73.4 cm³/mol. The maximum absolute atomic E-state index is 9.49. The molecule has 0 saturated heterocycles. The van der Waals surface area contributed by atoms with Gasteiger partial charge in [0, 0.05) is 18.4 Å². The largest absolute Gasteiger partial charge is 0.455 e. The molecule has 2 aromatic rings. The second-order valence-corrected chi connectivity index (χ2v) is 5.34. The Labute approximate surface area is 113 Å². The molecule has 1 atom stereocenters. The normalized spacial score (nSPS) is 16.5. The first-order valence-electron chi connectivity index (χ1n) is 6.93. The Morgan fingerprint density at radius 2 is 1.95 bits per heavy atom.